The van der Waals surface area contributed by atoms with Gasteiger partial charge in [-0.25, -0.2) is 8.93 Å². The van der Waals surface area contributed by atoms with E-state index in [2.05, 4.69) is 9.71 Å². The van der Waals surface area contributed by atoms with E-state index in [9.17, 15) is 9.00 Å². The van der Waals surface area contributed by atoms with Crippen LogP contribution in [0.1, 0.15) is 6.92 Å². The molecule has 0 radical (unpaired) electrons. The van der Waals surface area contributed by atoms with Crippen molar-refractivity contribution >= 4 is 43.3 Å². The molecule has 6 nitrogen and oxygen atoms in total. The van der Waals surface area contributed by atoms with Crippen molar-refractivity contribution in [2.24, 2.45) is 0 Å². The number of H-pyrrole nitrogens is 1. The highest BCUT2D eigenvalue weighted by Crippen LogP contribution is 2.40. The van der Waals surface area contributed by atoms with Gasteiger partial charge in [-0.3, -0.25) is 4.79 Å². The highest BCUT2D eigenvalue weighted by Gasteiger charge is 2.17. The number of hydrogen-bond donors (Lipinski definition) is 3. The SMILES string of the molecule is COc1ccc2[nH]c(=O)c3sccc3c2c1-c1ccc(S(=O)NC(C)CO)cc1. The predicted molar refractivity (Wildman–Crippen MR) is 118 cm³/mol. The number of thiophene rings is 1. The molecule has 0 bridgehead atoms. The van der Waals surface area contributed by atoms with E-state index >= 15 is 0 Å². The van der Waals surface area contributed by atoms with E-state index in [1.54, 1.807) is 26.2 Å². The summed E-state index contributed by atoms with van der Waals surface area (Å²) >= 11 is 1.41. The molecular formula is C21H20N2O4S2. The van der Waals surface area contributed by atoms with E-state index in [1.807, 2.05) is 35.7 Å². The monoisotopic (exact) mass is 428 g/mol. The topological polar surface area (TPSA) is 91.4 Å². The summed E-state index contributed by atoms with van der Waals surface area (Å²) in [6.07, 6.45) is 0. The molecule has 2 aromatic carbocycles. The fourth-order valence-electron chi connectivity index (χ4n) is 3.32. The van der Waals surface area contributed by atoms with Crippen LogP contribution in [0.5, 0.6) is 5.75 Å². The lowest BCUT2D eigenvalue weighted by molar-refractivity contribution is 0.266. The molecule has 0 aliphatic carbocycles. The quantitative estimate of drug-likeness (QED) is 0.439. The summed E-state index contributed by atoms with van der Waals surface area (Å²) in [5.74, 6) is 0.693. The van der Waals surface area contributed by atoms with Gasteiger partial charge >= 0.3 is 0 Å². The minimum Gasteiger partial charge on any atom is -0.496 e. The van der Waals surface area contributed by atoms with Crippen LogP contribution >= 0.6 is 11.3 Å². The van der Waals surface area contributed by atoms with Crippen LogP contribution in [0.25, 0.3) is 32.1 Å². The number of aromatic amines is 1. The van der Waals surface area contributed by atoms with E-state index in [1.165, 1.54) is 11.3 Å². The normalized spacial score (nSPS) is 13.6. The predicted octanol–water partition coefficient (Wildman–Crippen LogP) is 3.41. The van der Waals surface area contributed by atoms with Gasteiger partial charge in [0.1, 0.15) is 21.4 Å². The van der Waals surface area contributed by atoms with Crippen LogP contribution in [0.3, 0.4) is 0 Å². The van der Waals surface area contributed by atoms with Gasteiger partial charge in [0.05, 0.1) is 18.6 Å². The lowest BCUT2D eigenvalue weighted by atomic mass is 9.97. The van der Waals surface area contributed by atoms with Crippen molar-refractivity contribution in [2.75, 3.05) is 13.7 Å². The molecule has 0 amide bonds. The molecule has 2 aromatic heterocycles. The number of ether oxygens (including phenoxy) is 1. The second kappa shape index (κ2) is 8.08. The number of fused-ring (bicyclic) bond motifs is 3. The number of aromatic nitrogens is 1. The van der Waals surface area contributed by atoms with Gasteiger partial charge in [0.15, 0.2) is 0 Å². The zero-order valence-electron chi connectivity index (χ0n) is 15.9. The van der Waals surface area contributed by atoms with Gasteiger partial charge in [-0.1, -0.05) is 12.1 Å². The molecule has 2 unspecified atom stereocenters. The second-order valence-corrected chi connectivity index (χ2v) is 8.84. The molecule has 0 aliphatic heterocycles. The van der Waals surface area contributed by atoms with E-state index in [0.717, 1.165) is 27.4 Å². The van der Waals surface area contributed by atoms with Crippen molar-refractivity contribution in [3.63, 3.8) is 0 Å². The maximum atomic E-state index is 12.4. The summed E-state index contributed by atoms with van der Waals surface area (Å²) in [5.41, 5.74) is 2.40. The molecule has 2 heterocycles. The first-order valence-electron chi connectivity index (χ1n) is 9.03. The highest BCUT2D eigenvalue weighted by molar-refractivity contribution is 7.83. The molecule has 4 rings (SSSR count). The Balaban J connectivity index is 1.88. The van der Waals surface area contributed by atoms with Gasteiger partial charge in [-0.05, 0) is 48.2 Å². The Bertz CT molecular complexity index is 1260. The van der Waals surface area contributed by atoms with Crippen molar-refractivity contribution < 1.29 is 14.1 Å². The summed E-state index contributed by atoms with van der Waals surface area (Å²) in [4.78, 5) is 15.9. The van der Waals surface area contributed by atoms with Crippen LogP contribution in [0.4, 0.5) is 0 Å². The van der Waals surface area contributed by atoms with Crippen LogP contribution in [0.15, 0.2) is 57.5 Å². The van der Waals surface area contributed by atoms with Crippen LogP contribution in [0.2, 0.25) is 0 Å². The number of methoxy groups -OCH3 is 1. The van der Waals surface area contributed by atoms with Gasteiger partial charge < -0.3 is 14.8 Å². The van der Waals surface area contributed by atoms with E-state index < -0.39 is 11.0 Å². The van der Waals surface area contributed by atoms with Crippen molar-refractivity contribution in [3.8, 4) is 16.9 Å². The van der Waals surface area contributed by atoms with Crippen molar-refractivity contribution in [1.82, 2.24) is 9.71 Å². The largest absolute Gasteiger partial charge is 0.496 e. The van der Waals surface area contributed by atoms with E-state index in [4.69, 9.17) is 9.84 Å². The number of rotatable bonds is 6. The minimum absolute atomic E-state index is 0.0914. The fraction of sp³-hybridized carbons (Fsp3) is 0.190. The van der Waals surface area contributed by atoms with Crippen LogP contribution in [0, 0.1) is 0 Å². The molecule has 8 heteroatoms. The summed E-state index contributed by atoms with van der Waals surface area (Å²) in [6.45, 7) is 1.67. The highest BCUT2D eigenvalue weighted by atomic mass is 32.2. The zero-order chi connectivity index (χ0) is 20.5. The van der Waals surface area contributed by atoms with Gasteiger partial charge in [-0.15, -0.1) is 11.3 Å². The third kappa shape index (κ3) is 3.60. The molecule has 0 fully saturated rings. The molecule has 0 saturated heterocycles. The first kappa shape index (κ1) is 19.8. The van der Waals surface area contributed by atoms with Crippen molar-refractivity contribution in [1.29, 1.82) is 0 Å². The number of hydrogen-bond acceptors (Lipinski definition) is 5. The smallest absolute Gasteiger partial charge is 0.266 e. The third-order valence-electron chi connectivity index (χ3n) is 4.72. The van der Waals surface area contributed by atoms with Crippen molar-refractivity contribution in [2.45, 2.75) is 17.9 Å². The van der Waals surface area contributed by atoms with Crippen LogP contribution in [-0.4, -0.2) is 34.1 Å². The van der Waals surface area contributed by atoms with E-state index in [-0.39, 0.29) is 18.2 Å². The molecule has 29 heavy (non-hydrogen) atoms. The standard InChI is InChI=1S/C21H20N2O4S2/c1-12(11-24)23-29(26)14-5-3-13(4-6-14)18-17(27-2)8-7-16-19(18)15-9-10-28-20(15)21(25)22-16/h3-10,12,23-24H,11H2,1-2H3,(H,22,25). The van der Waals surface area contributed by atoms with Gasteiger partial charge in [0.2, 0.25) is 0 Å². The lowest BCUT2D eigenvalue weighted by Gasteiger charge is -2.14. The van der Waals surface area contributed by atoms with Crippen LogP contribution < -0.4 is 15.0 Å². The lowest BCUT2D eigenvalue weighted by Crippen LogP contribution is -2.30. The zero-order valence-corrected chi connectivity index (χ0v) is 17.5. The molecule has 0 spiro atoms. The summed E-state index contributed by atoms with van der Waals surface area (Å²) in [6, 6.07) is 12.7. The van der Waals surface area contributed by atoms with Crippen LogP contribution in [-0.2, 0) is 11.0 Å². The third-order valence-corrected chi connectivity index (χ3v) is 6.95. The summed E-state index contributed by atoms with van der Waals surface area (Å²) in [7, 11) is 0.198. The maximum Gasteiger partial charge on any atom is 0.266 e. The summed E-state index contributed by atoms with van der Waals surface area (Å²) < 4.78 is 21.5. The molecular weight excluding hydrogens is 408 g/mol. The Morgan fingerprint density at radius 1 is 1.21 bits per heavy atom. The Kier molecular flexibility index (Phi) is 5.51. The number of benzene rings is 2. The average molecular weight is 429 g/mol. The number of pyridine rings is 1. The minimum atomic E-state index is -1.42. The van der Waals surface area contributed by atoms with Gasteiger partial charge in [-0.2, -0.15) is 0 Å². The molecule has 4 aromatic rings. The summed E-state index contributed by atoms with van der Waals surface area (Å²) in [5, 5.41) is 12.8. The first-order chi connectivity index (χ1) is 14.0. The Hall–Kier alpha value is -2.52. The molecule has 2 atom stereocenters. The number of aliphatic hydroxyl groups excluding tert-OH is 1. The maximum absolute atomic E-state index is 12.4. The number of aliphatic hydroxyl groups is 1. The molecule has 0 saturated carbocycles. The Morgan fingerprint density at radius 2 is 1.97 bits per heavy atom. The first-order valence-corrected chi connectivity index (χ1v) is 11.1. The molecule has 150 valence electrons. The molecule has 3 N–H and O–H groups in total. The van der Waals surface area contributed by atoms with Crippen molar-refractivity contribution in [3.05, 3.63) is 58.2 Å². The fourth-order valence-corrected chi connectivity index (χ4v) is 5.07. The Morgan fingerprint density at radius 3 is 2.66 bits per heavy atom. The van der Waals surface area contributed by atoms with E-state index in [0.29, 0.717) is 15.3 Å². The number of nitrogens with one attached hydrogen (secondary N) is 2. The van der Waals surface area contributed by atoms with Gasteiger partial charge in [0, 0.05) is 27.9 Å². The average Bonchev–Trinajstić information content (AvgIpc) is 3.23. The second-order valence-electron chi connectivity index (χ2n) is 6.68. The Labute approximate surface area is 173 Å². The van der Waals surface area contributed by atoms with Gasteiger partial charge in [0.25, 0.3) is 5.56 Å². The molecule has 0 aliphatic rings.